The molecule has 1 amide bonds. The number of hydrogen-bond acceptors (Lipinski definition) is 4. The minimum atomic E-state index is -0.212. The maximum absolute atomic E-state index is 11.6. The van der Waals surface area contributed by atoms with Gasteiger partial charge in [0, 0.05) is 17.9 Å². The van der Waals surface area contributed by atoms with E-state index in [9.17, 15) is 9.59 Å². The van der Waals surface area contributed by atoms with E-state index in [1.165, 1.54) is 17.3 Å². The van der Waals surface area contributed by atoms with Crippen LogP contribution in [0, 0.1) is 6.92 Å². The van der Waals surface area contributed by atoms with Gasteiger partial charge in [0.15, 0.2) is 0 Å². The van der Waals surface area contributed by atoms with Gasteiger partial charge in [0.1, 0.15) is 0 Å². The van der Waals surface area contributed by atoms with Gasteiger partial charge < -0.3 is 10.1 Å². The molecule has 20 heavy (non-hydrogen) atoms. The van der Waals surface area contributed by atoms with E-state index in [2.05, 4.69) is 5.32 Å². The molecule has 0 aliphatic carbocycles. The van der Waals surface area contributed by atoms with Crippen molar-refractivity contribution in [2.45, 2.75) is 31.6 Å². The van der Waals surface area contributed by atoms with E-state index in [4.69, 9.17) is 4.74 Å². The fourth-order valence-electron chi connectivity index (χ4n) is 1.53. The maximum atomic E-state index is 11.6. The summed E-state index contributed by atoms with van der Waals surface area (Å²) in [6.07, 6.45) is 0.957. The van der Waals surface area contributed by atoms with Crippen molar-refractivity contribution in [2.75, 3.05) is 18.9 Å². The summed E-state index contributed by atoms with van der Waals surface area (Å²) in [6, 6.07) is 8.07. The van der Waals surface area contributed by atoms with Gasteiger partial charge in [-0.3, -0.25) is 9.59 Å². The lowest BCUT2D eigenvalue weighted by Crippen LogP contribution is -2.26. The third-order valence-electron chi connectivity index (χ3n) is 2.58. The second-order valence-corrected chi connectivity index (χ2v) is 5.41. The van der Waals surface area contributed by atoms with Crippen LogP contribution in [0.5, 0.6) is 0 Å². The standard InChI is InChI=1S/C15H21NO3S/c1-3-19-15(18)5-4-10-16-14(17)11-20-13-8-6-12(2)7-9-13/h6-9H,3-5,10-11H2,1-2H3,(H,16,17). The van der Waals surface area contributed by atoms with Crippen molar-refractivity contribution in [3.05, 3.63) is 29.8 Å². The third kappa shape index (κ3) is 7.19. The molecule has 0 fully saturated rings. The first kappa shape index (κ1) is 16.6. The number of hydrogen-bond donors (Lipinski definition) is 1. The van der Waals surface area contributed by atoms with Crippen LogP contribution in [0.25, 0.3) is 0 Å². The molecular formula is C15H21NO3S. The SMILES string of the molecule is CCOC(=O)CCCNC(=O)CSc1ccc(C)cc1. The highest BCUT2D eigenvalue weighted by molar-refractivity contribution is 8.00. The smallest absolute Gasteiger partial charge is 0.305 e. The van der Waals surface area contributed by atoms with E-state index in [-0.39, 0.29) is 11.9 Å². The fourth-order valence-corrected chi connectivity index (χ4v) is 2.26. The summed E-state index contributed by atoms with van der Waals surface area (Å²) < 4.78 is 4.81. The minimum absolute atomic E-state index is 0.0144. The lowest BCUT2D eigenvalue weighted by atomic mass is 10.2. The summed E-state index contributed by atoms with van der Waals surface area (Å²) >= 11 is 1.51. The Morgan fingerprint density at radius 2 is 1.95 bits per heavy atom. The molecule has 0 atom stereocenters. The molecule has 0 radical (unpaired) electrons. The number of esters is 1. The summed E-state index contributed by atoms with van der Waals surface area (Å²) in [5.41, 5.74) is 1.21. The number of aryl methyl sites for hydroxylation is 1. The number of amides is 1. The normalized spacial score (nSPS) is 10.1. The van der Waals surface area contributed by atoms with Gasteiger partial charge in [-0.05, 0) is 32.4 Å². The number of thioether (sulfide) groups is 1. The third-order valence-corrected chi connectivity index (χ3v) is 3.59. The second kappa shape index (κ2) is 9.42. The van der Waals surface area contributed by atoms with E-state index in [1.807, 2.05) is 31.2 Å². The van der Waals surface area contributed by atoms with Crippen molar-refractivity contribution in [1.29, 1.82) is 0 Å². The Balaban J connectivity index is 2.11. The fraction of sp³-hybridized carbons (Fsp3) is 0.467. The molecule has 110 valence electrons. The Hall–Kier alpha value is -1.49. The van der Waals surface area contributed by atoms with Gasteiger partial charge in [0.25, 0.3) is 0 Å². The molecule has 0 spiro atoms. The summed E-state index contributed by atoms with van der Waals surface area (Å²) in [4.78, 5) is 23.8. The number of rotatable bonds is 8. The van der Waals surface area contributed by atoms with E-state index in [0.29, 0.717) is 31.7 Å². The molecular weight excluding hydrogens is 274 g/mol. The zero-order valence-corrected chi connectivity index (χ0v) is 12.8. The highest BCUT2D eigenvalue weighted by Gasteiger charge is 2.04. The average molecular weight is 295 g/mol. The van der Waals surface area contributed by atoms with E-state index in [1.54, 1.807) is 6.92 Å². The van der Waals surface area contributed by atoms with Crippen LogP contribution in [0.15, 0.2) is 29.2 Å². The van der Waals surface area contributed by atoms with Gasteiger partial charge in [0.2, 0.25) is 5.91 Å². The zero-order chi connectivity index (χ0) is 14.8. The van der Waals surface area contributed by atoms with Crippen molar-refractivity contribution < 1.29 is 14.3 Å². The van der Waals surface area contributed by atoms with Crippen LogP contribution in [-0.2, 0) is 14.3 Å². The molecule has 0 saturated carbocycles. The van der Waals surface area contributed by atoms with Crippen molar-refractivity contribution in [1.82, 2.24) is 5.32 Å². The first-order chi connectivity index (χ1) is 9.61. The van der Waals surface area contributed by atoms with Crippen LogP contribution in [0.1, 0.15) is 25.3 Å². The molecule has 5 heteroatoms. The molecule has 1 rings (SSSR count). The lowest BCUT2D eigenvalue weighted by molar-refractivity contribution is -0.143. The highest BCUT2D eigenvalue weighted by Crippen LogP contribution is 2.17. The van der Waals surface area contributed by atoms with Gasteiger partial charge in [-0.1, -0.05) is 17.7 Å². The van der Waals surface area contributed by atoms with Crippen LogP contribution in [0.4, 0.5) is 0 Å². The molecule has 0 bridgehead atoms. The van der Waals surface area contributed by atoms with Gasteiger partial charge in [-0.15, -0.1) is 11.8 Å². The number of carbonyl (C=O) groups is 2. The molecule has 0 unspecified atom stereocenters. The molecule has 4 nitrogen and oxygen atoms in total. The first-order valence-electron chi connectivity index (χ1n) is 6.73. The van der Waals surface area contributed by atoms with Crippen molar-refractivity contribution in [3.8, 4) is 0 Å². The maximum Gasteiger partial charge on any atom is 0.305 e. The molecule has 0 saturated heterocycles. The number of carbonyl (C=O) groups excluding carboxylic acids is 2. The predicted octanol–water partition coefficient (Wildman–Crippen LogP) is 2.55. The molecule has 1 aromatic carbocycles. The van der Waals surface area contributed by atoms with Crippen molar-refractivity contribution in [2.24, 2.45) is 0 Å². The van der Waals surface area contributed by atoms with Gasteiger partial charge in [-0.2, -0.15) is 0 Å². The zero-order valence-electron chi connectivity index (χ0n) is 12.0. The van der Waals surface area contributed by atoms with E-state index < -0.39 is 0 Å². The second-order valence-electron chi connectivity index (χ2n) is 4.36. The molecule has 0 aliphatic rings. The molecule has 1 N–H and O–H groups in total. The Kier molecular flexibility index (Phi) is 7.80. The van der Waals surface area contributed by atoms with Gasteiger partial charge >= 0.3 is 5.97 Å². The summed E-state index contributed by atoms with van der Waals surface area (Å²) in [7, 11) is 0. The number of benzene rings is 1. The largest absolute Gasteiger partial charge is 0.466 e. The van der Waals surface area contributed by atoms with Crippen LogP contribution < -0.4 is 5.32 Å². The predicted molar refractivity (Wildman–Crippen MR) is 80.8 cm³/mol. The minimum Gasteiger partial charge on any atom is -0.466 e. The Bertz CT molecular complexity index is 431. The quantitative estimate of drug-likeness (QED) is 0.455. The molecule has 1 aromatic rings. The Morgan fingerprint density at radius 3 is 2.60 bits per heavy atom. The van der Waals surface area contributed by atoms with Crippen molar-refractivity contribution in [3.63, 3.8) is 0 Å². The van der Waals surface area contributed by atoms with Crippen LogP contribution in [-0.4, -0.2) is 30.8 Å². The van der Waals surface area contributed by atoms with Gasteiger partial charge in [0.05, 0.1) is 12.4 Å². The number of ether oxygens (including phenoxy) is 1. The topological polar surface area (TPSA) is 55.4 Å². The molecule has 0 aliphatic heterocycles. The van der Waals surface area contributed by atoms with Crippen LogP contribution in [0.3, 0.4) is 0 Å². The average Bonchev–Trinajstić information content (AvgIpc) is 2.43. The Morgan fingerprint density at radius 1 is 1.25 bits per heavy atom. The van der Waals surface area contributed by atoms with E-state index in [0.717, 1.165) is 4.90 Å². The highest BCUT2D eigenvalue weighted by atomic mass is 32.2. The van der Waals surface area contributed by atoms with Crippen molar-refractivity contribution >= 4 is 23.6 Å². The molecule has 0 aromatic heterocycles. The van der Waals surface area contributed by atoms with Crippen LogP contribution in [0.2, 0.25) is 0 Å². The summed E-state index contributed by atoms with van der Waals surface area (Å²) in [5, 5.41) is 2.79. The summed E-state index contributed by atoms with van der Waals surface area (Å²) in [6.45, 7) is 4.72. The number of nitrogens with one attached hydrogen (secondary N) is 1. The lowest BCUT2D eigenvalue weighted by Gasteiger charge is -2.05. The first-order valence-corrected chi connectivity index (χ1v) is 7.72. The van der Waals surface area contributed by atoms with Crippen LogP contribution >= 0.6 is 11.8 Å². The van der Waals surface area contributed by atoms with E-state index >= 15 is 0 Å². The Labute approximate surface area is 124 Å². The monoisotopic (exact) mass is 295 g/mol. The molecule has 0 heterocycles. The van der Waals surface area contributed by atoms with Gasteiger partial charge in [-0.25, -0.2) is 0 Å². The summed E-state index contributed by atoms with van der Waals surface area (Å²) in [5.74, 6) is 0.165.